The molecule has 1 rings (SSSR count). The molecule has 0 fully saturated rings. The zero-order valence-electron chi connectivity index (χ0n) is 9.05. The molecule has 0 aliphatic rings. The maximum Gasteiger partial charge on any atom is 0.160 e. The lowest BCUT2D eigenvalue weighted by atomic mass is 10.1. The molecular formula is C12H15BrOS. The Bertz CT molecular complexity index is 349. The van der Waals surface area contributed by atoms with Crippen LogP contribution in [0.25, 0.3) is 0 Å². The Morgan fingerprint density at radius 2 is 2.20 bits per heavy atom. The number of hydrogen-bond acceptors (Lipinski definition) is 2. The molecule has 3 heteroatoms. The van der Waals surface area contributed by atoms with Crippen molar-refractivity contribution in [2.24, 2.45) is 0 Å². The zero-order chi connectivity index (χ0) is 11.3. The van der Waals surface area contributed by atoms with Gasteiger partial charge in [-0.05, 0) is 37.3 Å². The summed E-state index contributed by atoms with van der Waals surface area (Å²) < 4.78 is 0.965. The molecule has 0 N–H and O–H groups in total. The minimum atomic E-state index is 0.135. The first-order valence-electron chi connectivity index (χ1n) is 5.08. The quantitative estimate of drug-likeness (QED) is 0.449. The van der Waals surface area contributed by atoms with Crippen LogP contribution in [0.1, 0.15) is 37.0 Å². The molecule has 15 heavy (non-hydrogen) atoms. The van der Waals surface area contributed by atoms with E-state index in [9.17, 15) is 4.79 Å². The summed E-state index contributed by atoms with van der Waals surface area (Å²) in [6.45, 7) is 3.79. The minimum absolute atomic E-state index is 0.135. The molecule has 0 saturated carbocycles. The second-order valence-corrected chi connectivity index (χ2v) is 5.45. The van der Waals surface area contributed by atoms with Crippen molar-refractivity contribution >= 4 is 33.5 Å². The van der Waals surface area contributed by atoms with Gasteiger partial charge in [-0.2, -0.15) is 0 Å². The number of halogens is 1. The van der Waals surface area contributed by atoms with Crippen molar-refractivity contribution in [3.05, 3.63) is 28.2 Å². The Balaban J connectivity index is 2.81. The summed E-state index contributed by atoms with van der Waals surface area (Å²) in [7, 11) is 0. The minimum Gasteiger partial charge on any atom is -0.294 e. The Labute approximate surface area is 104 Å². The predicted octanol–water partition coefficient (Wildman–Crippen LogP) is 4.54. The number of rotatable bonds is 5. The van der Waals surface area contributed by atoms with Gasteiger partial charge in [0.1, 0.15) is 0 Å². The highest BCUT2D eigenvalue weighted by atomic mass is 79.9. The van der Waals surface area contributed by atoms with E-state index >= 15 is 0 Å². The molecule has 1 aromatic carbocycles. The van der Waals surface area contributed by atoms with E-state index in [0.29, 0.717) is 0 Å². The van der Waals surface area contributed by atoms with Crippen molar-refractivity contribution in [3.8, 4) is 0 Å². The molecule has 0 saturated heterocycles. The van der Waals surface area contributed by atoms with E-state index in [-0.39, 0.29) is 5.78 Å². The van der Waals surface area contributed by atoms with Gasteiger partial charge in [0.15, 0.2) is 5.78 Å². The number of carbonyl (C=O) groups is 1. The van der Waals surface area contributed by atoms with Crippen LogP contribution < -0.4 is 0 Å². The fourth-order valence-corrected chi connectivity index (χ4v) is 2.77. The average Bonchev–Trinajstić information content (AvgIpc) is 2.20. The summed E-state index contributed by atoms with van der Waals surface area (Å²) in [6.07, 6.45) is 2.39. The van der Waals surface area contributed by atoms with Crippen LogP contribution in [0.5, 0.6) is 0 Å². The lowest BCUT2D eigenvalue weighted by molar-refractivity contribution is 0.101. The Morgan fingerprint density at radius 3 is 2.80 bits per heavy atom. The molecule has 0 aromatic heterocycles. The first-order valence-corrected chi connectivity index (χ1v) is 6.86. The van der Waals surface area contributed by atoms with Crippen LogP contribution >= 0.6 is 27.7 Å². The van der Waals surface area contributed by atoms with Crippen LogP contribution in [0.2, 0.25) is 0 Å². The number of ketones is 1. The fourth-order valence-electron chi connectivity index (χ4n) is 1.23. The van der Waals surface area contributed by atoms with Crippen LogP contribution in [0.15, 0.2) is 27.6 Å². The van der Waals surface area contributed by atoms with E-state index in [1.807, 2.05) is 18.2 Å². The molecule has 82 valence electrons. The Morgan fingerprint density at radius 1 is 1.47 bits per heavy atom. The first kappa shape index (κ1) is 12.8. The number of hydrogen-bond donors (Lipinski definition) is 0. The predicted molar refractivity (Wildman–Crippen MR) is 69.8 cm³/mol. The van der Waals surface area contributed by atoms with E-state index < -0.39 is 0 Å². The second kappa shape index (κ2) is 6.33. The van der Waals surface area contributed by atoms with Gasteiger partial charge in [-0.25, -0.2) is 0 Å². The third-order valence-electron chi connectivity index (χ3n) is 2.08. The standard InChI is InChI=1S/C12H15BrOS/c1-3-4-7-15-12-6-5-10(13)8-11(12)9(2)14/h5-6,8H,3-4,7H2,1-2H3. The summed E-state index contributed by atoms with van der Waals surface area (Å²) in [4.78, 5) is 12.5. The number of benzene rings is 1. The summed E-state index contributed by atoms with van der Waals surface area (Å²) in [5.41, 5.74) is 0.825. The molecule has 0 unspecified atom stereocenters. The monoisotopic (exact) mass is 286 g/mol. The number of carbonyl (C=O) groups excluding carboxylic acids is 1. The SMILES string of the molecule is CCCCSc1ccc(Br)cc1C(C)=O. The molecule has 1 nitrogen and oxygen atoms in total. The summed E-state index contributed by atoms with van der Waals surface area (Å²) in [5.74, 6) is 1.22. The molecular weight excluding hydrogens is 272 g/mol. The molecule has 0 radical (unpaired) electrons. The Hall–Kier alpha value is -0.280. The van der Waals surface area contributed by atoms with Crippen molar-refractivity contribution in [1.82, 2.24) is 0 Å². The number of Topliss-reactive ketones (excluding diaryl/α,β-unsaturated/α-hetero) is 1. The lowest BCUT2D eigenvalue weighted by Crippen LogP contribution is -1.95. The lowest BCUT2D eigenvalue weighted by Gasteiger charge is -2.06. The van der Waals surface area contributed by atoms with Gasteiger partial charge < -0.3 is 0 Å². The third kappa shape index (κ3) is 3.99. The van der Waals surface area contributed by atoms with Crippen molar-refractivity contribution < 1.29 is 4.79 Å². The summed E-state index contributed by atoms with van der Waals surface area (Å²) >= 11 is 5.15. The van der Waals surface area contributed by atoms with Crippen molar-refractivity contribution in [1.29, 1.82) is 0 Å². The van der Waals surface area contributed by atoms with Gasteiger partial charge in [0.25, 0.3) is 0 Å². The molecule has 0 heterocycles. The smallest absolute Gasteiger partial charge is 0.160 e. The Kier molecular flexibility index (Phi) is 5.40. The highest BCUT2D eigenvalue weighted by Crippen LogP contribution is 2.27. The largest absolute Gasteiger partial charge is 0.294 e. The maximum absolute atomic E-state index is 11.4. The third-order valence-corrected chi connectivity index (χ3v) is 3.73. The van der Waals surface area contributed by atoms with E-state index in [1.165, 1.54) is 12.8 Å². The molecule has 0 bridgehead atoms. The molecule has 0 atom stereocenters. The maximum atomic E-state index is 11.4. The van der Waals surface area contributed by atoms with Gasteiger partial charge in [-0.1, -0.05) is 29.3 Å². The van der Waals surface area contributed by atoms with Gasteiger partial charge in [-0.15, -0.1) is 11.8 Å². The van der Waals surface area contributed by atoms with Crippen molar-refractivity contribution in [3.63, 3.8) is 0 Å². The highest BCUT2D eigenvalue weighted by molar-refractivity contribution is 9.10. The summed E-state index contributed by atoms with van der Waals surface area (Å²) in [6, 6.07) is 5.90. The van der Waals surface area contributed by atoms with Gasteiger partial charge in [-0.3, -0.25) is 4.79 Å². The van der Waals surface area contributed by atoms with Gasteiger partial charge >= 0.3 is 0 Å². The van der Waals surface area contributed by atoms with E-state index in [1.54, 1.807) is 18.7 Å². The van der Waals surface area contributed by atoms with Gasteiger partial charge in [0.2, 0.25) is 0 Å². The molecule has 0 spiro atoms. The van der Waals surface area contributed by atoms with E-state index in [0.717, 1.165) is 20.7 Å². The van der Waals surface area contributed by atoms with Crippen molar-refractivity contribution in [2.45, 2.75) is 31.6 Å². The fraction of sp³-hybridized carbons (Fsp3) is 0.417. The molecule has 0 aliphatic heterocycles. The number of unbranched alkanes of at least 4 members (excludes halogenated alkanes) is 1. The van der Waals surface area contributed by atoms with Crippen LogP contribution in [0.4, 0.5) is 0 Å². The topological polar surface area (TPSA) is 17.1 Å². The highest BCUT2D eigenvalue weighted by Gasteiger charge is 2.07. The normalized spacial score (nSPS) is 10.3. The molecule has 0 aliphatic carbocycles. The average molecular weight is 287 g/mol. The van der Waals surface area contributed by atoms with Crippen LogP contribution in [0.3, 0.4) is 0 Å². The molecule has 0 amide bonds. The zero-order valence-corrected chi connectivity index (χ0v) is 11.5. The van der Waals surface area contributed by atoms with Gasteiger partial charge in [0, 0.05) is 14.9 Å². The summed E-state index contributed by atoms with van der Waals surface area (Å²) in [5, 5.41) is 0. The van der Waals surface area contributed by atoms with E-state index in [4.69, 9.17) is 0 Å². The molecule has 1 aromatic rings. The van der Waals surface area contributed by atoms with Gasteiger partial charge in [0.05, 0.1) is 0 Å². The van der Waals surface area contributed by atoms with Crippen molar-refractivity contribution in [2.75, 3.05) is 5.75 Å². The van der Waals surface area contributed by atoms with Crippen LogP contribution in [-0.4, -0.2) is 11.5 Å². The number of thioether (sulfide) groups is 1. The van der Waals surface area contributed by atoms with Crippen LogP contribution in [0, 0.1) is 0 Å². The van der Waals surface area contributed by atoms with Crippen LogP contribution in [-0.2, 0) is 0 Å². The van der Waals surface area contributed by atoms with E-state index in [2.05, 4.69) is 22.9 Å². The first-order chi connectivity index (χ1) is 7.15. The second-order valence-electron chi connectivity index (χ2n) is 3.40.